The molecule has 0 aliphatic carbocycles. The lowest BCUT2D eigenvalue weighted by atomic mass is 10.3. The molecule has 2 N–H and O–H groups in total. The fourth-order valence-electron chi connectivity index (χ4n) is 1.51. The molecule has 0 unspecified atom stereocenters. The van der Waals surface area contributed by atoms with Crippen LogP contribution in [0.3, 0.4) is 0 Å². The maximum absolute atomic E-state index is 10.6. The van der Waals surface area contributed by atoms with E-state index in [-0.39, 0.29) is 24.0 Å². The molecule has 0 saturated carbocycles. The molecule has 1 aromatic carbocycles. The predicted octanol–water partition coefficient (Wildman–Crippen LogP) is 2.03. The number of pyridine rings is 1. The highest BCUT2D eigenvalue weighted by atomic mass is 16.6. The maximum Gasteiger partial charge on any atom is 0.311 e. The van der Waals surface area contributed by atoms with Gasteiger partial charge in [0.1, 0.15) is 19.0 Å². The van der Waals surface area contributed by atoms with Gasteiger partial charge in [0.05, 0.1) is 4.92 Å². The number of hydrogen-bond acceptors (Lipinski definition) is 6. The summed E-state index contributed by atoms with van der Waals surface area (Å²) in [6.45, 7) is 0.599. The molecule has 0 amide bonds. The second-order valence-corrected chi connectivity index (χ2v) is 3.82. The monoisotopic (exact) mass is 275 g/mol. The van der Waals surface area contributed by atoms with E-state index in [0.717, 1.165) is 5.75 Å². The van der Waals surface area contributed by atoms with Crippen LogP contribution in [0.25, 0.3) is 0 Å². The Bertz CT molecular complexity index is 589. The standard InChI is InChI=1S/C13H13N3O4/c14-13-11(16(17)18)6-7-12(15-13)20-9-8-19-10-4-2-1-3-5-10/h1-7H,8-9H2,(H2,14,15). The molecule has 2 rings (SSSR count). The fourth-order valence-corrected chi connectivity index (χ4v) is 1.51. The zero-order valence-corrected chi connectivity index (χ0v) is 10.6. The summed E-state index contributed by atoms with van der Waals surface area (Å²) in [6.07, 6.45) is 0. The smallest absolute Gasteiger partial charge is 0.311 e. The number of nitrogens with zero attached hydrogens (tertiary/aromatic N) is 2. The third-order valence-electron chi connectivity index (χ3n) is 2.42. The van der Waals surface area contributed by atoms with Crippen molar-refractivity contribution in [3.63, 3.8) is 0 Å². The van der Waals surface area contributed by atoms with Crippen LogP contribution in [0.15, 0.2) is 42.5 Å². The van der Waals surface area contributed by atoms with E-state index >= 15 is 0 Å². The van der Waals surface area contributed by atoms with Crippen LogP contribution in [-0.4, -0.2) is 23.1 Å². The molecule has 7 heteroatoms. The van der Waals surface area contributed by atoms with E-state index in [9.17, 15) is 10.1 Å². The minimum Gasteiger partial charge on any atom is -0.490 e. The van der Waals surface area contributed by atoms with E-state index in [1.54, 1.807) is 0 Å². The third kappa shape index (κ3) is 3.58. The number of anilines is 1. The quantitative estimate of drug-likeness (QED) is 0.491. The first kappa shape index (κ1) is 13.6. The molecule has 0 fully saturated rings. The summed E-state index contributed by atoms with van der Waals surface area (Å²) in [7, 11) is 0. The molecule has 0 atom stereocenters. The first-order chi connectivity index (χ1) is 9.66. The summed E-state index contributed by atoms with van der Waals surface area (Å²) in [5, 5.41) is 10.6. The topological polar surface area (TPSA) is 101 Å². The molecule has 0 spiro atoms. The summed E-state index contributed by atoms with van der Waals surface area (Å²) in [6, 6.07) is 12.0. The van der Waals surface area contributed by atoms with Gasteiger partial charge in [0.2, 0.25) is 11.7 Å². The third-order valence-corrected chi connectivity index (χ3v) is 2.42. The number of aromatic nitrogens is 1. The maximum atomic E-state index is 10.6. The van der Waals surface area contributed by atoms with Crippen LogP contribution in [-0.2, 0) is 0 Å². The van der Waals surface area contributed by atoms with Gasteiger partial charge in [-0.15, -0.1) is 0 Å². The molecular weight excluding hydrogens is 262 g/mol. The zero-order chi connectivity index (χ0) is 14.4. The van der Waals surface area contributed by atoms with Crippen molar-refractivity contribution in [1.82, 2.24) is 4.98 Å². The van der Waals surface area contributed by atoms with Crippen molar-refractivity contribution in [2.75, 3.05) is 18.9 Å². The zero-order valence-electron chi connectivity index (χ0n) is 10.6. The minimum atomic E-state index is -0.593. The SMILES string of the molecule is Nc1nc(OCCOc2ccccc2)ccc1[N+](=O)[O-]. The van der Waals surface area contributed by atoms with Gasteiger partial charge in [-0.1, -0.05) is 18.2 Å². The van der Waals surface area contributed by atoms with Crippen molar-refractivity contribution in [2.45, 2.75) is 0 Å². The average Bonchev–Trinajstić information content (AvgIpc) is 2.44. The van der Waals surface area contributed by atoms with Crippen LogP contribution in [0, 0.1) is 10.1 Å². The van der Waals surface area contributed by atoms with Crippen molar-refractivity contribution < 1.29 is 14.4 Å². The van der Waals surface area contributed by atoms with Crippen molar-refractivity contribution in [1.29, 1.82) is 0 Å². The van der Waals surface area contributed by atoms with Gasteiger partial charge in [-0.3, -0.25) is 10.1 Å². The molecule has 0 radical (unpaired) electrons. The van der Waals surface area contributed by atoms with E-state index in [2.05, 4.69) is 4.98 Å². The highest BCUT2D eigenvalue weighted by Gasteiger charge is 2.13. The van der Waals surface area contributed by atoms with Gasteiger partial charge < -0.3 is 15.2 Å². The number of rotatable bonds is 6. The van der Waals surface area contributed by atoms with Crippen LogP contribution >= 0.6 is 0 Å². The minimum absolute atomic E-state index is 0.170. The summed E-state index contributed by atoms with van der Waals surface area (Å²) >= 11 is 0. The van der Waals surface area contributed by atoms with Crippen molar-refractivity contribution in [2.24, 2.45) is 0 Å². The summed E-state index contributed by atoms with van der Waals surface area (Å²) in [5.74, 6) is 0.800. The number of nitrogen functional groups attached to an aromatic ring is 1. The van der Waals surface area contributed by atoms with E-state index < -0.39 is 4.92 Å². The fraction of sp³-hybridized carbons (Fsp3) is 0.154. The number of para-hydroxylation sites is 1. The van der Waals surface area contributed by atoms with Crippen LogP contribution in [0.5, 0.6) is 11.6 Å². The van der Waals surface area contributed by atoms with Crippen LogP contribution in [0.2, 0.25) is 0 Å². The van der Waals surface area contributed by atoms with Crippen LogP contribution < -0.4 is 15.2 Å². The van der Waals surface area contributed by atoms with Crippen molar-refractivity contribution >= 4 is 11.5 Å². The Morgan fingerprint density at radius 1 is 1.10 bits per heavy atom. The molecular formula is C13H13N3O4. The van der Waals surface area contributed by atoms with Gasteiger partial charge in [-0.05, 0) is 12.1 Å². The number of benzene rings is 1. The average molecular weight is 275 g/mol. The number of nitro groups is 1. The first-order valence-electron chi connectivity index (χ1n) is 5.88. The Labute approximate surface area is 115 Å². The summed E-state index contributed by atoms with van der Waals surface area (Å²) in [5.41, 5.74) is 5.22. The lowest BCUT2D eigenvalue weighted by Crippen LogP contribution is -2.10. The second-order valence-electron chi connectivity index (χ2n) is 3.82. The second kappa shape index (κ2) is 6.37. The molecule has 104 valence electrons. The van der Waals surface area contributed by atoms with Crippen LogP contribution in [0.1, 0.15) is 0 Å². The molecule has 7 nitrogen and oxygen atoms in total. The van der Waals surface area contributed by atoms with E-state index in [0.29, 0.717) is 6.61 Å². The van der Waals surface area contributed by atoms with Gasteiger partial charge in [-0.25, -0.2) is 0 Å². The first-order valence-corrected chi connectivity index (χ1v) is 5.88. The normalized spacial score (nSPS) is 10.0. The van der Waals surface area contributed by atoms with Gasteiger partial charge >= 0.3 is 5.69 Å². The molecule has 1 heterocycles. The molecule has 0 aliphatic rings. The Balaban J connectivity index is 1.83. The van der Waals surface area contributed by atoms with E-state index in [1.807, 2.05) is 30.3 Å². The van der Waals surface area contributed by atoms with Gasteiger partial charge in [-0.2, -0.15) is 4.98 Å². The predicted molar refractivity (Wildman–Crippen MR) is 72.7 cm³/mol. The Morgan fingerprint density at radius 2 is 1.80 bits per heavy atom. The summed E-state index contributed by atoms with van der Waals surface area (Å²) in [4.78, 5) is 13.8. The highest BCUT2D eigenvalue weighted by molar-refractivity contribution is 5.53. The molecule has 1 aromatic heterocycles. The van der Waals surface area contributed by atoms with Crippen molar-refractivity contribution in [3.8, 4) is 11.6 Å². The number of hydrogen-bond donors (Lipinski definition) is 1. The largest absolute Gasteiger partial charge is 0.490 e. The number of ether oxygens (including phenoxy) is 2. The molecule has 20 heavy (non-hydrogen) atoms. The Morgan fingerprint density at radius 3 is 2.45 bits per heavy atom. The van der Waals surface area contributed by atoms with Gasteiger partial charge in [0, 0.05) is 12.1 Å². The Kier molecular flexibility index (Phi) is 4.33. The van der Waals surface area contributed by atoms with Crippen LogP contribution in [0.4, 0.5) is 11.5 Å². The summed E-state index contributed by atoms with van der Waals surface area (Å²) < 4.78 is 10.7. The molecule has 2 aromatic rings. The Hall–Kier alpha value is -2.83. The van der Waals surface area contributed by atoms with Gasteiger partial charge in [0.25, 0.3) is 0 Å². The highest BCUT2D eigenvalue weighted by Crippen LogP contribution is 2.21. The van der Waals surface area contributed by atoms with Crippen molar-refractivity contribution in [3.05, 3.63) is 52.6 Å². The van der Waals surface area contributed by atoms with Gasteiger partial charge in [0.15, 0.2) is 0 Å². The van der Waals surface area contributed by atoms with E-state index in [1.165, 1.54) is 12.1 Å². The number of nitrogens with two attached hydrogens (primary N) is 1. The lowest BCUT2D eigenvalue weighted by molar-refractivity contribution is -0.384. The molecule has 0 saturated heterocycles. The molecule has 0 aliphatic heterocycles. The lowest BCUT2D eigenvalue weighted by Gasteiger charge is -2.07. The van der Waals surface area contributed by atoms with E-state index in [4.69, 9.17) is 15.2 Å². The molecule has 0 bridgehead atoms.